The Morgan fingerprint density at radius 3 is 2.65 bits per heavy atom. The van der Waals surface area contributed by atoms with Crippen LogP contribution in [0.5, 0.6) is 0 Å². The van der Waals surface area contributed by atoms with Crippen LogP contribution in [0.4, 0.5) is 0 Å². The molecule has 2 nitrogen and oxygen atoms in total. The average Bonchev–Trinajstić information content (AvgIpc) is 3.18. The molecule has 0 saturated carbocycles. The van der Waals surface area contributed by atoms with Gasteiger partial charge in [0.05, 0.1) is 12.3 Å². The Bertz CT molecular complexity index is 602. The van der Waals surface area contributed by atoms with Crippen molar-refractivity contribution in [1.29, 1.82) is 0 Å². The third-order valence-corrected chi connectivity index (χ3v) is 4.03. The van der Waals surface area contributed by atoms with E-state index in [4.69, 9.17) is 4.42 Å². The highest BCUT2D eigenvalue weighted by atomic mass is 32.1. The summed E-state index contributed by atoms with van der Waals surface area (Å²) in [5.41, 5.74) is 2.61. The predicted molar refractivity (Wildman–Crippen MR) is 83.0 cm³/mol. The van der Waals surface area contributed by atoms with Crippen LogP contribution < -0.4 is 5.32 Å². The zero-order valence-electron chi connectivity index (χ0n) is 11.2. The van der Waals surface area contributed by atoms with E-state index < -0.39 is 0 Å². The van der Waals surface area contributed by atoms with Gasteiger partial charge in [-0.1, -0.05) is 30.3 Å². The van der Waals surface area contributed by atoms with Crippen molar-refractivity contribution in [3.8, 4) is 0 Å². The first-order valence-corrected chi connectivity index (χ1v) is 7.70. The van der Waals surface area contributed by atoms with Gasteiger partial charge in [0.2, 0.25) is 0 Å². The summed E-state index contributed by atoms with van der Waals surface area (Å²) in [6.45, 7) is 0.928. The topological polar surface area (TPSA) is 25.2 Å². The molecule has 0 aliphatic carbocycles. The molecule has 1 aromatic carbocycles. The fraction of sp³-hybridized carbons (Fsp3) is 0.176. The minimum atomic E-state index is 0.116. The molecule has 1 unspecified atom stereocenters. The molecule has 3 rings (SSSR count). The Morgan fingerprint density at radius 1 is 1.05 bits per heavy atom. The van der Waals surface area contributed by atoms with Crippen molar-refractivity contribution in [3.63, 3.8) is 0 Å². The lowest BCUT2D eigenvalue weighted by Crippen LogP contribution is -2.24. The van der Waals surface area contributed by atoms with Crippen molar-refractivity contribution in [1.82, 2.24) is 5.32 Å². The van der Waals surface area contributed by atoms with Crippen LogP contribution in [0.3, 0.4) is 0 Å². The van der Waals surface area contributed by atoms with Gasteiger partial charge in [0.1, 0.15) is 5.76 Å². The second-order valence-electron chi connectivity index (χ2n) is 4.69. The van der Waals surface area contributed by atoms with Crippen molar-refractivity contribution in [2.45, 2.75) is 12.5 Å². The third kappa shape index (κ3) is 3.18. The van der Waals surface area contributed by atoms with E-state index in [2.05, 4.69) is 46.4 Å². The van der Waals surface area contributed by atoms with Crippen LogP contribution in [0.2, 0.25) is 0 Å². The first kappa shape index (κ1) is 13.2. The van der Waals surface area contributed by atoms with Gasteiger partial charge in [-0.15, -0.1) is 0 Å². The van der Waals surface area contributed by atoms with E-state index in [-0.39, 0.29) is 6.04 Å². The van der Waals surface area contributed by atoms with Gasteiger partial charge in [0, 0.05) is 6.54 Å². The lowest BCUT2D eigenvalue weighted by molar-refractivity contribution is 0.448. The van der Waals surface area contributed by atoms with Gasteiger partial charge in [-0.3, -0.25) is 0 Å². The summed E-state index contributed by atoms with van der Waals surface area (Å²) in [4.78, 5) is 0. The molecule has 1 atom stereocenters. The van der Waals surface area contributed by atoms with E-state index in [1.54, 1.807) is 17.6 Å². The number of furan rings is 1. The highest BCUT2D eigenvalue weighted by Crippen LogP contribution is 2.22. The van der Waals surface area contributed by atoms with Crippen LogP contribution in [-0.4, -0.2) is 6.54 Å². The molecule has 0 aliphatic rings. The maximum Gasteiger partial charge on any atom is 0.125 e. The standard InChI is InChI=1S/C17H17NOS/c1-2-5-15(6-3-1)17(16-7-4-11-19-16)18-10-8-14-9-12-20-13-14/h1-7,9,11-13,17-18H,8,10H2. The minimum Gasteiger partial charge on any atom is -0.467 e. The fourth-order valence-corrected chi connectivity index (χ4v) is 2.98. The molecule has 0 spiro atoms. The predicted octanol–water partition coefficient (Wildman–Crippen LogP) is 4.26. The van der Waals surface area contributed by atoms with Crippen LogP contribution in [0.1, 0.15) is 22.9 Å². The smallest absolute Gasteiger partial charge is 0.125 e. The second-order valence-corrected chi connectivity index (χ2v) is 5.47. The maximum atomic E-state index is 5.58. The van der Waals surface area contributed by atoms with Crippen molar-refractivity contribution >= 4 is 11.3 Å². The van der Waals surface area contributed by atoms with Gasteiger partial charge in [0.15, 0.2) is 0 Å². The molecule has 2 aromatic heterocycles. The Kier molecular flexibility index (Phi) is 4.31. The SMILES string of the molecule is c1ccc(C(NCCc2ccsc2)c2ccco2)cc1. The van der Waals surface area contributed by atoms with Crippen LogP contribution in [0.25, 0.3) is 0 Å². The lowest BCUT2D eigenvalue weighted by atomic mass is 10.0. The third-order valence-electron chi connectivity index (χ3n) is 3.30. The molecule has 102 valence electrons. The van der Waals surface area contributed by atoms with E-state index >= 15 is 0 Å². The summed E-state index contributed by atoms with van der Waals surface area (Å²) in [7, 11) is 0. The lowest BCUT2D eigenvalue weighted by Gasteiger charge is -2.17. The molecule has 0 fully saturated rings. The van der Waals surface area contributed by atoms with Gasteiger partial charge in [-0.05, 0) is 46.5 Å². The second kappa shape index (κ2) is 6.55. The molecule has 0 bridgehead atoms. The molecular formula is C17H17NOS. The monoisotopic (exact) mass is 283 g/mol. The number of nitrogens with one attached hydrogen (secondary N) is 1. The van der Waals surface area contributed by atoms with Gasteiger partial charge in [-0.25, -0.2) is 0 Å². The van der Waals surface area contributed by atoms with Gasteiger partial charge in [0.25, 0.3) is 0 Å². The molecular weight excluding hydrogens is 266 g/mol. The normalized spacial score (nSPS) is 12.4. The first-order valence-electron chi connectivity index (χ1n) is 6.76. The van der Waals surface area contributed by atoms with Crippen molar-refractivity contribution in [2.24, 2.45) is 0 Å². The molecule has 0 aliphatic heterocycles. The summed E-state index contributed by atoms with van der Waals surface area (Å²) >= 11 is 1.75. The maximum absolute atomic E-state index is 5.58. The van der Waals surface area contributed by atoms with Gasteiger partial charge in [-0.2, -0.15) is 11.3 Å². The molecule has 0 radical (unpaired) electrons. The van der Waals surface area contributed by atoms with Crippen molar-refractivity contribution < 1.29 is 4.42 Å². The number of hydrogen-bond acceptors (Lipinski definition) is 3. The molecule has 1 N–H and O–H groups in total. The van der Waals surface area contributed by atoms with Gasteiger partial charge < -0.3 is 9.73 Å². The molecule has 3 aromatic rings. The van der Waals surface area contributed by atoms with Crippen LogP contribution >= 0.6 is 11.3 Å². The average molecular weight is 283 g/mol. The molecule has 3 heteroatoms. The summed E-state index contributed by atoms with van der Waals surface area (Å²) in [6.07, 6.45) is 2.76. The Balaban J connectivity index is 1.70. The Labute approximate surface area is 123 Å². The van der Waals surface area contributed by atoms with Crippen LogP contribution in [-0.2, 0) is 6.42 Å². The summed E-state index contributed by atoms with van der Waals surface area (Å²) in [5.74, 6) is 0.960. The fourth-order valence-electron chi connectivity index (χ4n) is 2.28. The van der Waals surface area contributed by atoms with E-state index in [0.29, 0.717) is 0 Å². The van der Waals surface area contributed by atoms with E-state index in [1.165, 1.54) is 11.1 Å². The minimum absolute atomic E-state index is 0.116. The first-order chi connectivity index (χ1) is 9.93. The van der Waals surface area contributed by atoms with Crippen molar-refractivity contribution in [2.75, 3.05) is 6.54 Å². The number of thiophene rings is 1. The highest BCUT2D eigenvalue weighted by Gasteiger charge is 2.15. The molecule has 0 saturated heterocycles. The van der Waals surface area contributed by atoms with Gasteiger partial charge >= 0.3 is 0 Å². The zero-order chi connectivity index (χ0) is 13.6. The largest absolute Gasteiger partial charge is 0.467 e. The molecule has 20 heavy (non-hydrogen) atoms. The van der Waals surface area contributed by atoms with E-state index in [9.17, 15) is 0 Å². The Hall–Kier alpha value is -1.84. The molecule has 0 amide bonds. The summed E-state index contributed by atoms with van der Waals surface area (Å²) < 4.78 is 5.58. The quantitative estimate of drug-likeness (QED) is 0.731. The summed E-state index contributed by atoms with van der Waals surface area (Å²) in [6, 6.07) is 16.7. The number of hydrogen-bond donors (Lipinski definition) is 1. The number of benzene rings is 1. The van der Waals surface area contributed by atoms with Crippen LogP contribution in [0, 0.1) is 0 Å². The summed E-state index contributed by atoms with van der Waals surface area (Å²) in [5, 5.41) is 7.91. The van der Waals surface area contributed by atoms with E-state index in [1.807, 2.05) is 18.2 Å². The number of rotatable bonds is 6. The Morgan fingerprint density at radius 2 is 1.95 bits per heavy atom. The van der Waals surface area contributed by atoms with E-state index in [0.717, 1.165) is 18.7 Å². The van der Waals surface area contributed by atoms with Crippen molar-refractivity contribution in [3.05, 3.63) is 82.4 Å². The highest BCUT2D eigenvalue weighted by molar-refractivity contribution is 7.07. The van der Waals surface area contributed by atoms with Crippen LogP contribution in [0.15, 0.2) is 70.0 Å². The zero-order valence-corrected chi connectivity index (χ0v) is 12.0. The molecule has 2 heterocycles.